The van der Waals surface area contributed by atoms with E-state index in [0.29, 0.717) is 6.54 Å². The Hall–Kier alpha value is -1.85. The lowest BCUT2D eigenvalue weighted by molar-refractivity contribution is -0.125. The Bertz CT molecular complexity index is 714. The minimum absolute atomic E-state index is 0.0728. The Morgan fingerprint density at radius 2 is 2.00 bits per heavy atom. The van der Waals surface area contributed by atoms with E-state index >= 15 is 0 Å². The summed E-state index contributed by atoms with van der Waals surface area (Å²) in [5.74, 6) is 0.0728. The number of amides is 1. The zero-order chi connectivity index (χ0) is 17.2. The van der Waals surface area contributed by atoms with Crippen LogP contribution in [0.2, 0.25) is 0 Å². The fourth-order valence-electron chi connectivity index (χ4n) is 3.57. The first-order valence-corrected chi connectivity index (χ1v) is 8.66. The molecular weight excluding hydrogens is 302 g/mol. The summed E-state index contributed by atoms with van der Waals surface area (Å²) < 4.78 is 5.35. The van der Waals surface area contributed by atoms with E-state index in [1.54, 1.807) is 0 Å². The molecule has 5 nitrogen and oxygen atoms in total. The summed E-state index contributed by atoms with van der Waals surface area (Å²) in [6, 6.07) is 8.16. The molecule has 0 spiro atoms. The van der Waals surface area contributed by atoms with Gasteiger partial charge in [0.15, 0.2) is 0 Å². The van der Waals surface area contributed by atoms with Crippen LogP contribution < -0.4 is 5.32 Å². The first-order valence-electron chi connectivity index (χ1n) is 8.66. The molecule has 3 rings (SSSR count). The van der Waals surface area contributed by atoms with Gasteiger partial charge in [-0.3, -0.25) is 9.69 Å². The molecule has 1 aliphatic rings. The van der Waals surface area contributed by atoms with Crippen molar-refractivity contribution in [2.24, 2.45) is 0 Å². The Labute approximate surface area is 143 Å². The molecule has 0 saturated carbocycles. The molecule has 0 radical (unpaired) electrons. The number of nitrogens with zero attached hydrogens (tertiary/aromatic N) is 1. The molecule has 1 fully saturated rings. The van der Waals surface area contributed by atoms with Gasteiger partial charge in [0.05, 0.1) is 18.6 Å². The van der Waals surface area contributed by atoms with E-state index in [-0.39, 0.29) is 5.91 Å². The van der Waals surface area contributed by atoms with Crippen molar-refractivity contribution in [2.45, 2.75) is 26.2 Å². The average Bonchev–Trinajstić information content (AvgIpc) is 2.92. The Morgan fingerprint density at radius 3 is 2.75 bits per heavy atom. The molecule has 0 atom stereocenters. The van der Waals surface area contributed by atoms with Crippen LogP contribution in [0.3, 0.4) is 0 Å². The van der Waals surface area contributed by atoms with Crippen LogP contribution in [-0.4, -0.2) is 55.2 Å². The number of aromatic amines is 1. The number of aromatic nitrogens is 1. The van der Waals surface area contributed by atoms with Gasteiger partial charge in [-0.2, -0.15) is 0 Å². The maximum atomic E-state index is 12.8. The molecule has 130 valence electrons. The van der Waals surface area contributed by atoms with Gasteiger partial charge < -0.3 is 15.0 Å². The number of nitrogens with one attached hydrogen (secondary N) is 2. The molecular formula is C19H27N3O2. The number of benzene rings is 1. The summed E-state index contributed by atoms with van der Waals surface area (Å²) in [5.41, 5.74) is 2.65. The lowest BCUT2D eigenvalue weighted by Gasteiger charge is -2.28. The summed E-state index contributed by atoms with van der Waals surface area (Å²) in [6.07, 6.45) is 0. The average molecular weight is 329 g/mol. The van der Waals surface area contributed by atoms with Crippen LogP contribution in [0.5, 0.6) is 0 Å². The molecule has 0 bridgehead atoms. The number of aryl methyl sites for hydroxylation is 1. The van der Waals surface area contributed by atoms with Crippen molar-refractivity contribution in [3.8, 4) is 0 Å². The number of hydrogen-bond acceptors (Lipinski definition) is 3. The summed E-state index contributed by atoms with van der Waals surface area (Å²) in [5, 5.41) is 4.24. The fourth-order valence-corrected chi connectivity index (χ4v) is 3.57. The fraction of sp³-hybridized carbons (Fsp3) is 0.526. The third-order valence-corrected chi connectivity index (χ3v) is 4.90. The highest BCUT2D eigenvalue weighted by Gasteiger charge is 2.33. The van der Waals surface area contributed by atoms with Crippen molar-refractivity contribution in [2.75, 3.05) is 39.4 Å². The van der Waals surface area contributed by atoms with Crippen LogP contribution in [-0.2, 0) is 14.9 Å². The zero-order valence-electron chi connectivity index (χ0n) is 14.8. The monoisotopic (exact) mass is 329 g/mol. The number of carbonyl (C=O) groups excluding carboxylic acids is 1. The van der Waals surface area contributed by atoms with Crippen molar-refractivity contribution < 1.29 is 9.53 Å². The molecule has 1 amide bonds. The third-order valence-electron chi connectivity index (χ3n) is 4.90. The number of carbonyl (C=O) groups is 1. The molecule has 2 aromatic rings. The number of fused-ring (bicyclic) bond motifs is 1. The van der Waals surface area contributed by atoms with Gasteiger partial charge in [0, 0.05) is 42.8 Å². The van der Waals surface area contributed by atoms with Crippen LogP contribution in [0, 0.1) is 6.92 Å². The summed E-state index contributed by atoms with van der Waals surface area (Å²) >= 11 is 0. The maximum Gasteiger partial charge on any atom is 0.230 e. The van der Waals surface area contributed by atoms with E-state index in [0.717, 1.165) is 55.0 Å². The van der Waals surface area contributed by atoms with Crippen molar-refractivity contribution in [3.63, 3.8) is 0 Å². The minimum atomic E-state index is -0.575. The number of ether oxygens (including phenoxy) is 1. The van der Waals surface area contributed by atoms with E-state index in [2.05, 4.69) is 27.3 Å². The number of para-hydroxylation sites is 1. The topological polar surface area (TPSA) is 57.4 Å². The first-order chi connectivity index (χ1) is 11.5. The van der Waals surface area contributed by atoms with Gasteiger partial charge in [-0.05, 0) is 32.4 Å². The predicted octanol–water partition coefficient (Wildman–Crippen LogP) is 2.20. The zero-order valence-corrected chi connectivity index (χ0v) is 14.8. The molecule has 0 aliphatic carbocycles. The van der Waals surface area contributed by atoms with Crippen molar-refractivity contribution in [3.05, 3.63) is 35.5 Å². The second-order valence-electron chi connectivity index (χ2n) is 7.01. The van der Waals surface area contributed by atoms with Gasteiger partial charge in [0.2, 0.25) is 5.91 Å². The van der Waals surface area contributed by atoms with E-state index in [1.807, 2.05) is 32.9 Å². The molecule has 2 N–H and O–H groups in total. The van der Waals surface area contributed by atoms with Gasteiger partial charge in [-0.15, -0.1) is 0 Å². The lowest BCUT2D eigenvalue weighted by atomic mass is 9.82. The van der Waals surface area contributed by atoms with Gasteiger partial charge in [0.25, 0.3) is 0 Å². The number of rotatable bonds is 5. The van der Waals surface area contributed by atoms with Gasteiger partial charge in [-0.1, -0.05) is 18.2 Å². The SMILES string of the molecule is Cc1[nH]c2ccccc2c1C(C)(C)C(=O)NCCN1CCOCC1. The molecule has 1 aromatic carbocycles. The molecule has 1 aliphatic heterocycles. The summed E-state index contributed by atoms with van der Waals surface area (Å²) in [4.78, 5) is 18.6. The largest absolute Gasteiger partial charge is 0.379 e. The maximum absolute atomic E-state index is 12.8. The predicted molar refractivity (Wildman–Crippen MR) is 96.3 cm³/mol. The Balaban J connectivity index is 1.69. The first kappa shape index (κ1) is 17.0. The molecule has 0 unspecified atom stereocenters. The molecule has 1 saturated heterocycles. The van der Waals surface area contributed by atoms with Crippen molar-refractivity contribution in [1.29, 1.82) is 0 Å². The number of morpholine rings is 1. The van der Waals surface area contributed by atoms with Gasteiger partial charge in [0.1, 0.15) is 0 Å². The minimum Gasteiger partial charge on any atom is -0.379 e. The second-order valence-corrected chi connectivity index (χ2v) is 7.01. The second kappa shape index (κ2) is 6.95. The van der Waals surface area contributed by atoms with Gasteiger partial charge in [-0.25, -0.2) is 0 Å². The highest BCUT2D eigenvalue weighted by molar-refractivity contribution is 5.95. The molecule has 2 heterocycles. The Morgan fingerprint density at radius 1 is 1.29 bits per heavy atom. The van der Waals surface area contributed by atoms with Crippen LogP contribution in [0.25, 0.3) is 10.9 Å². The molecule has 1 aromatic heterocycles. The normalized spacial score (nSPS) is 16.5. The highest BCUT2D eigenvalue weighted by atomic mass is 16.5. The van der Waals surface area contributed by atoms with Gasteiger partial charge >= 0.3 is 0 Å². The van der Waals surface area contributed by atoms with Crippen LogP contribution >= 0.6 is 0 Å². The third kappa shape index (κ3) is 3.32. The molecule has 24 heavy (non-hydrogen) atoms. The number of hydrogen-bond donors (Lipinski definition) is 2. The van der Waals surface area contributed by atoms with Crippen LogP contribution in [0.15, 0.2) is 24.3 Å². The van der Waals surface area contributed by atoms with Crippen molar-refractivity contribution >= 4 is 16.8 Å². The number of H-pyrrole nitrogens is 1. The highest BCUT2D eigenvalue weighted by Crippen LogP contribution is 2.33. The summed E-state index contributed by atoms with van der Waals surface area (Å²) in [6.45, 7) is 11.0. The van der Waals surface area contributed by atoms with E-state index in [4.69, 9.17) is 4.74 Å². The van der Waals surface area contributed by atoms with E-state index in [1.165, 1.54) is 0 Å². The van der Waals surface area contributed by atoms with Crippen LogP contribution in [0.4, 0.5) is 0 Å². The standard InChI is InChI=1S/C19H27N3O2/c1-14-17(15-6-4-5-7-16(15)21-14)19(2,3)18(23)20-8-9-22-10-12-24-13-11-22/h4-7,21H,8-13H2,1-3H3,(H,20,23). The lowest BCUT2D eigenvalue weighted by Crippen LogP contribution is -2.45. The van der Waals surface area contributed by atoms with Crippen LogP contribution in [0.1, 0.15) is 25.1 Å². The van der Waals surface area contributed by atoms with E-state index in [9.17, 15) is 4.79 Å². The smallest absolute Gasteiger partial charge is 0.230 e. The Kier molecular flexibility index (Phi) is 4.92. The molecule has 5 heteroatoms. The quantitative estimate of drug-likeness (QED) is 0.884. The summed E-state index contributed by atoms with van der Waals surface area (Å²) in [7, 11) is 0. The van der Waals surface area contributed by atoms with E-state index < -0.39 is 5.41 Å². The van der Waals surface area contributed by atoms with Crippen molar-refractivity contribution in [1.82, 2.24) is 15.2 Å².